The molecule has 0 bridgehead atoms. The van der Waals surface area contributed by atoms with Gasteiger partial charge in [-0.25, -0.2) is 0 Å². The number of nitrogens with zero attached hydrogens (tertiary/aromatic N) is 1. The summed E-state index contributed by atoms with van der Waals surface area (Å²) in [6.07, 6.45) is 0. The summed E-state index contributed by atoms with van der Waals surface area (Å²) in [5.74, 6) is -0.353. The lowest BCUT2D eigenvalue weighted by Crippen LogP contribution is -2.15. The van der Waals surface area contributed by atoms with Crippen molar-refractivity contribution in [1.82, 2.24) is 4.98 Å². The smallest absolute Gasteiger partial charge is 0.216 e. The van der Waals surface area contributed by atoms with Crippen molar-refractivity contribution < 1.29 is 4.92 Å². The van der Waals surface area contributed by atoms with Gasteiger partial charge < -0.3 is 10.7 Å². The van der Waals surface area contributed by atoms with Gasteiger partial charge >= 0.3 is 0 Å². The molecule has 0 aliphatic rings. The molecule has 0 radical (unpaired) electrons. The first-order chi connectivity index (χ1) is 11.0. The molecule has 118 valence electrons. The predicted molar refractivity (Wildman–Crippen MR) is 95.3 cm³/mol. The Morgan fingerprint density at radius 2 is 2.04 bits per heavy atom. The van der Waals surface area contributed by atoms with Crippen molar-refractivity contribution in [3.8, 4) is 0 Å². The first-order valence-corrected chi connectivity index (χ1v) is 8.00. The van der Waals surface area contributed by atoms with Crippen molar-refractivity contribution in [2.45, 2.75) is 12.8 Å². The zero-order chi connectivity index (χ0) is 16.6. The Kier molecular flexibility index (Phi) is 4.09. The highest BCUT2D eigenvalue weighted by atomic mass is 79.9. The van der Waals surface area contributed by atoms with E-state index in [0.717, 1.165) is 32.2 Å². The summed E-state index contributed by atoms with van der Waals surface area (Å²) in [5, 5.41) is 12.3. The fraction of sp³-hybridized carbons (Fsp3) is 0.176. The third-order valence-electron chi connectivity index (χ3n) is 4.11. The Balaban J connectivity index is 2.16. The third kappa shape index (κ3) is 2.94. The Hall–Kier alpha value is -2.34. The second-order valence-electron chi connectivity index (χ2n) is 5.56. The van der Waals surface area contributed by atoms with E-state index in [1.807, 2.05) is 43.3 Å². The van der Waals surface area contributed by atoms with Gasteiger partial charge in [0, 0.05) is 31.7 Å². The maximum atomic E-state index is 11.2. The van der Waals surface area contributed by atoms with E-state index in [1.165, 1.54) is 0 Å². The number of anilines is 1. The number of nitrogens with two attached hydrogens (primary N) is 1. The van der Waals surface area contributed by atoms with Crippen LogP contribution >= 0.6 is 15.9 Å². The van der Waals surface area contributed by atoms with Crippen LogP contribution in [0.15, 0.2) is 46.9 Å². The van der Waals surface area contributed by atoms with Crippen molar-refractivity contribution in [3.63, 3.8) is 0 Å². The van der Waals surface area contributed by atoms with Gasteiger partial charge in [0.1, 0.15) is 0 Å². The molecule has 1 heterocycles. The van der Waals surface area contributed by atoms with Crippen molar-refractivity contribution in [1.29, 1.82) is 0 Å². The maximum Gasteiger partial charge on any atom is 0.216 e. The zero-order valence-electron chi connectivity index (χ0n) is 12.5. The highest BCUT2D eigenvalue weighted by Gasteiger charge is 2.25. The Labute approximate surface area is 141 Å². The molecular formula is C17H16BrN3O2. The lowest BCUT2D eigenvalue weighted by Gasteiger charge is -2.14. The van der Waals surface area contributed by atoms with Crippen LogP contribution in [0.3, 0.4) is 0 Å². The van der Waals surface area contributed by atoms with Crippen molar-refractivity contribution >= 4 is 32.5 Å². The van der Waals surface area contributed by atoms with Crippen molar-refractivity contribution in [2.75, 3.05) is 12.3 Å². The Morgan fingerprint density at radius 3 is 2.70 bits per heavy atom. The molecule has 6 heteroatoms. The first kappa shape index (κ1) is 15.6. The van der Waals surface area contributed by atoms with Crippen LogP contribution in [0.5, 0.6) is 0 Å². The molecule has 0 saturated carbocycles. The minimum absolute atomic E-state index is 0.177. The number of H-pyrrole nitrogens is 1. The molecule has 0 aliphatic heterocycles. The number of halogens is 1. The molecule has 0 fully saturated rings. The summed E-state index contributed by atoms with van der Waals surface area (Å²) >= 11 is 3.40. The predicted octanol–water partition coefficient (Wildman–Crippen LogP) is 4.23. The fourth-order valence-corrected chi connectivity index (χ4v) is 3.32. The van der Waals surface area contributed by atoms with E-state index in [0.29, 0.717) is 5.69 Å². The molecule has 0 saturated heterocycles. The van der Waals surface area contributed by atoms with Crippen LogP contribution in [-0.4, -0.2) is 16.5 Å². The standard InChI is InChI=1S/C17H16BrN3O2/c1-10-12-4-2-3-5-16(12)20-17(10)13(9-21(22)23)11-6-7-15(19)14(18)8-11/h2-8,13,20H,9,19H2,1H3. The number of aromatic nitrogens is 1. The number of rotatable bonds is 4. The van der Waals surface area contributed by atoms with Gasteiger partial charge in [-0.05, 0) is 52.2 Å². The summed E-state index contributed by atoms with van der Waals surface area (Å²) in [7, 11) is 0. The molecule has 1 aromatic heterocycles. The number of para-hydroxylation sites is 1. The van der Waals surface area contributed by atoms with Crippen LogP contribution < -0.4 is 5.73 Å². The molecule has 0 amide bonds. The average Bonchev–Trinajstić information content (AvgIpc) is 2.85. The number of nitro groups is 1. The van der Waals surface area contributed by atoms with E-state index in [9.17, 15) is 10.1 Å². The second kappa shape index (κ2) is 6.04. The van der Waals surface area contributed by atoms with E-state index < -0.39 is 0 Å². The number of hydrogen-bond acceptors (Lipinski definition) is 3. The molecule has 3 rings (SSSR count). The van der Waals surface area contributed by atoms with Gasteiger partial charge in [0.25, 0.3) is 0 Å². The maximum absolute atomic E-state index is 11.2. The van der Waals surface area contributed by atoms with Crippen LogP contribution in [0, 0.1) is 17.0 Å². The average molecular weight is 374 g/mol. The molecule has 1 unspecified atom stereocenters. The van der Waals surface area contributed by atoms with Crippen LogP contribution in [0.4, 0.5) is 5.69 Å². The number of hydrogen-bond donors (Lipinski definition) is 2. The van der Waals surface area contributed by atoms with Crippen LogP contribution in [-0.2, 0) is 0 Å². The number of nitrogens with one attached hydrogen (secondary N) is 1. The molecule has 0 spiro atoms. The molecule has 3 N–H and O–H groups in total. The van der Waals surface area contributed by atoms with Gasteiger partial charge in [0.05, 0.1) is 5.92 Å². The lowest BCUT2D eigenvalue weighted by molar-refractivity contribution is -0.482. The number of aromatic amines is 1. The minimum atomic E-state index is -0.353. The van der Waals surface area contributed by atoms with E-state index in [4.69, 9.17) is 5.73 Å². The molecule has 1 atom stereocenters. The fourth-order valence-electron chi connectivity index (χ4n) is 2.92. The van der Waals surface area contributed by atoms with E-state index in [-0.39, 0.29) is 17.4 Å². The summed E-state index contributed by atoms with van der Waals surface area (Å²) in [6.45, 7) is 1.82. The van der Waals surface area contributed by atoms with Gasteiger partial charge in [-0.2, -0.15) is 0 Å². The zero-order valence-corrected chi connectivity index (χ0v) is 14.1. The molecular weight excluding hydrogens is 358 g/mol. The topological polar surface area (TPSA) is 84.9 Å². The second-order valence-corrected chi connectivity index (χ2v) is 6.41. The van der Waals surface area contributed by atoms with E-state index in [2.05, 4.69) is 20.9 Å². The van der Waals surface area contributed by atoms with Gasteiger partial charge in [-0.1, -0.05) is 24.3 Å². The molecule has 0 aliphatic carbocycles. The normalized spacial score (nSPS) is 12.4. The molecule has 23 heavy (non-hydrogen) atoms. The van der Waals surface area contributed by atoms with Crippen molar-refractivity contribution in [3.05, 3.63) is 73.9 Å². The van der Waals surface area contributed by atoms with Gasteiger partial charge in [-0.3, -0.25) is 10.1 Å². The number of fused-ring (bicyclic) bond motifs is 1. The van der Waals surface area contributed by atoms with Crippen molar-refractivity contribution in [2.24, 2.45) is 0 Å². The highest BCUT2D eigenvalue weighted by molar-refractivity contribution is 9.10. The Morgan fingerprint density at radius 1 is 1.30 bits per heavy atom. The monoisotopic (exact) mass is 373 g/mol. The van der Waals surface area contributed by atoms with Crippen LogP contribution in [0.1, 0.15) is 22.7 Å². The third-order valence-corrected chi connectivity index (χ3v) is 4.80. The summed E-state index contributed by atoms with van der Waals surface area (Å²) in [5.41, 5.74) is 10.2. The highest BCUT2D eigenvalue weighted by Crippen LogP contribution is 2.33. The lowest BCUT2D eigenvalue weighted by atomic mass is 9.93. The Bertz CT molecular complexity index is 889. The van der Waals surface area contributed by atoms with E-state index in [1.54, 1.807) is 6.07 Å². The van der Waals surface area contributed by atoms with Crippen LogP contribution in [0.2, 0.25) is 0 Å². The summed E-state index contributed by atoms with van der Waals surface area (Å²) < 4.78 is 0.747. The van der Waals surface area contributed by atoms with Gasteiger partial charge in [-0.15, -0.1) is 0 Å². The summed E-state index contributed by atoms with van der Waals surface area (Å²) in [4.78, 5) is 14.3. The summed E-state index contributed by atoms with van der Waals surface area (Å²) in [6, 6.07) is 13.4. The van der Waals surface area contributed by atoms with Crippen LogP contribution in [0.25, 0.3) is 10.9 Å². The van der Waals surface area contributed by atoms with E-state index >= 15 is 0 Å². The molecule has 3 aromatic rings. The SMILES string of the molecule is Cc1c(C(C[N+](=O)[O-])c2ccc(N)c(Br)c2)[nH]c2ccccc12. The number of nitrogen functional groups attached to an aromatic ring is 1. The number of benzene rings is 2. The quantitative estimate of drug-likeness (QED) is 0.407. The molecule has 5 nitrogen and oxygen atoms in total. The first-order valence-electron chi connectivity index (χ1n) is 7.21. The largest absolute Gasteiger partial charge is 0.398 e. The number of aryl methyl sites for hydroxylation is 1. The molecule has 2 aromatic carbocycles. The van der Waals surface area contributed by atoms with Gasteiger partial charge in [0.2, 0.25) is 6.54 Å². The van der Waals surface area contributed by atoms with Gasteiger partial charge in [0.15, 0.2) is 0 Å². The minimum Gasteiger partial charge on any atom is -0.398 e.